The van der Waals surface area contributed by atoms with Crippen LogP contribution in [0.5, 0.6) is 11.8 Å². The van der Waals surface area contributed by atoms with Gasteiger partial charge in [-0.1, -0.05) is 13.0 Å². The molecule has 1 aliphatic rings. The number of nitrogens with zero attached hydrogens (tertiary/aromatic N) is 2. The van der Waals surface area contributed by atoms with Crippen molar-refractivity contribution >= 4 is 37.3 Å². The molecule has 1 heterocycles. The van der Waals surface area contributed by atoms with Gasteiger partial charge in [0.15, 0.2) is 0 Å². The molecule has 158 valence electrons. The summed E-state index contributed by atoms with van der Waals surface area (Å²) in [5, 5.41) is 2.15. The molecule has 3 N–H and O–H groups in total. The fourth-order valence-corrected chi connectivity index (χ4v) is 4.01. The Labute approximate surface area is 168 Å². The van der Waals surface area contributed by atoms with Crippen molar-refractivity contribution in [1.29, 1.82) is 0 Å². The van der Waals surface area contributed by atoms with E-state index in [-0.39, 0.29) is 28.3 Å². The fourth-order valence-electron chi connectivity index (χ4n) is 2.43. The number of rotatable bonds is 7. The first-order valence-corrected chi connectivity index (χ1v) is 10.7. The van der Waals surface area contributed by atoms with E-state index in [9.17, 15) is 21.6 Å². The third kappa shape index (κ3) is 5.92. The van der Waals surface area contributed by atoms with E-state index in [1.165, 1.54) is 38.5 Å². The summed E-state index contributed by atoms with van der Waals surface area (Å²) in [7, 11) is -4.19. The molecular weight excluding hydrogens is 426 g/mol. The summed E-state index contributed by atoms with van der Waals surface area (Å²) in [4.78, 5) is 19.8. The zero-order chi connectivity index (χ0) is 21.6. The molecular formula is C15H19N5O7S2. The Morgan fingerprint density at radius 3 is 2.34 bits per heavy atom. The molecule has 1 aromatic rings. The summed E-state index contributed by atoms with van der Waals surface area (Å²) < 4.78 is 61.0. The topological polar surface area (TPSA) is 166 Å². The summed E-state index contributed by atoms with van der Waals surface area (Å²) >= 11 is 0. The van der Waals surface area contributed by atoms with Crippen LogP contribution in [0.15, 0.2) is 30.0 Å². The van der Waals surface area contributed by atoms with Crippen molar-refractivity contribution in [3.8, 4) is 11.8 Å². The molecule has 1 aliphatic carbocycles. The molecule has 0 radical (unpaired) electrons. The number of anilines is 1. The molecule has 0 aliphatic heterocycles. The molecule has 0 saturated heterocycles. The molecule has 1 unspecified atom stereocenters. The van der Waals surface area contributed by atoms with Gasteiger partial charge in [0.25, 0.3) is 0 Å². The van der Waals surface area contributed by atoms with E-state index < -0.39 is 32.5 Å². The van der Waals surface area contributed by atoms with Crippen LogP contribution in [0, 0.1) is 5.92 Å². The van der Waals surface area contributed by atoms with E-state index in [0.29, 0.717) is 6.42 Å². The SMILES string of the molecule is CCC1C(NS(=O)(=O)NC(=O)Nc2nc(OC)cc(OC)n2)=CC=CC1=S(=O)=O. The maximum Gasteiger partial charge on any atom is 0.336 e. The van der Waals surface area contributed by atoms with Crippen molar-refractivity contribution < 1.29 is 31.1 Å². The van der Waals surface area contributed by atoms with Crippen molar-refractivity contribution in [3.05, 3.63) is 30.0 Å². The maximum absolute atomic E-state index is 12.3. The van der Waals surface area contributed by atoms with Crippen molar-refractivity contribution in [2.45, 2.75) is 13.3 Å². The molecule has 12 nitrogen and oxygen atoms in total. The van der Waals surface area contributed by atoms with Crippen LogP contribution in [0.4, 0.5) is 10.7 Å². The maximum atomic E-state index is 12.3. The first-order valence-electron chi connectivity index (χ1n) is 8.12. The van der Waals surface area contributed by atoms with Crippen LogP contribution >= 0.6 is 0 Å². The van der Waals surface area contributed by atoms with Gasteiger partial charge in [-0.3, -0.25) is 10.0 Å². The predicted octanol–water partition coefficient (Wildman–Crippen LogP) is -0.0189. The third-order valence-electron chi connectivity index (χ3n) is 3.66. The molecule has 1 aromatic heterocycles. The zero-order valence-electron chi connectivity index (χ0n) is 15.7. The highest BCUT2D eigenvalue weighted by atomic mass is 32.2. The van der Waals surface area contributed by atoms with Crippen LogP contribution in [0.1, 0.15) is 13.3 Å². The number of amides is 2. The van der Waals surface area contributed by atoms with E-state index in [4.69, 9.17) is 9.47 Å². The number of carbonyl (C=O) groups excluding carboxylic acids is 1. The Morgan fingerprint density at radius 2 is 1.83 bits per heavy atom. The average Bonchev–Trinajstić information content (AvgIpc) is 2.66. The van der Waals surface area contributed by atoms with E-state index in [2.05, 4.69) is 20.0 Å². The molecule has 1 atom stereocenters. The third-order valence-corrected chi connectivity index (χ3v) is 5.42. The van der Waals surface area contributed by atoms with Gasteiger partial charge in [-0.25, -0.2) is 9.52 Å². The van der Waals surface area contributed by atoms with Gasteiger partial charge in [0.05, 0.1) is 25.2 Å². The highest BCUT2D eigenvalue weighted by Gasteiger charge is 2.25. The Bertz CT molecular complexity index is 1060. The monoisotopic (exact) mass is 445 g/mol. The van der Waals surface area contributed by atoms with Crippen LogP contribution < -0.4 is 24.2 Å². The van der Waals surface area contributed by atoms with Crippen LogP contribution in [-0.4, -0.2) is 51.9 Å². The summed E-state index contributed by atoms with van der Waals surface area (Å²) in [5.74, 6) is -0.764. The van der Waals surface area contributed by atoms with Crippen LogP contribution in [0.25, 0.3) is 0 Å². The summed E-state index contributed by atoms with van der Waals surface area (Å²) in [6, 6.07) is 0.216. The van der Waals surface area contributed by atoms with Crippen LogP contribution in [0.2, 0.25) is 0 Å². The number of hydrogen-bond donors (Lipinski definition) is 3. The van der Waals surface area contributed by atoms with Gasteiger partial charge in [0.2, 0.25) is 28.0 Å². The molecule has 0 fully saturated rings. The highest BCUT2D eigenvalue weighted by Crippen LogP contribution is 2.20. The van der Waals surface area contributed by atoms with Gasteiger partial charge in [0.1, 0.15) is 0 Å². The lowest BCUT2D eigenvalue weighted by atomic mass is 9.95. The molecule has 14 heteroatoms. The zero-order valence-corrected chi connectivity index (χ0v) is 17.3. The average molecular weight is 445 g/mol. The molecule has 29 heavy (non-hydrogen) atoms. The Hall–Kier alpha value is -3.13. The lowest BCUT2D eigenvalue weighted by Gasteiger charge is -2.21. The number of aromatic nitrogens is 2. The van der Waals surface area contributed by atoms with Gasteiger partial charge in [-0.05, 0) is 18.6 Å². The Balaban J connectivity index is 2.13. The van der Waals surface area contributed by atoms with E-state index in [1.807, 2.05) is 0 Å². The van der Waals surface area contributed by atoms with Crippen molar-refractivity contribution in [2.75, 3.05) is 19.5 Å². The van der Waals surface area contributed by atoms with Gasteiger partial charge >= 0.3 is 16.2 Å². The number of urea groups is 1. The normalized spacial score (nSPS) is 15.9. The van der Waals surface area contributed by atoms with Gasteiger partial charge in [-0.2, -0.15) is 26.8 Å². The first kappa shape index (κ1) is 22.2. The van der Waals surface area contributed by atoms with Crippen LogP contribution in [0.3, 0.4) is 0 Å². The quantitative estimate of drug-likeness (QED) is 0.489. The summed E-state index contributed by atoms with van der Waals surface area (Å²) in [6.45, 7) is 1.70. The number of hydrogen-bond acceptors (Lipinski definition) is 9. The summed E-state index contributed by atoms with van der Waals surface area (Å²) in [6.07, 6.45) is 4.51. The largest absolute Gasteiger partial charge is 0.481 e. The molecule has 0 saturated carbocycles. The standard InChI is InChI=1S/C15H19N5O7S2/c1-4-9-10(6-5-7-11(9)28(22)23)19-29(24,25)20-15(21)18-14-16-12(26-2)8-13(17-14)27-3/h5-9,19H,4H2,1-3H3,(H2,16,17,18,20,21). The second-order valence-corrected chi connectivity index (χ2v) is 7.87. The lowest BCUT2D eigenvalue weighted by molar-refractivity contribution is 0.256. The lowest BCUT2D eigenvalue weighted by Crippen LogP contribution is -2.44. The van der Waals surface area contributed by atoms with Crippen molar-refractivity contribution in [3.63, 3.8) is 0 Å². The highest BCUT2D eigenvalue weighted by molar-refractivity contribution is 7.88. The van der Waals surface area contributed by atoms with E-state index in [1.54, 1.807) is 11.6 Å². The Kier molecular flexibility index (Phi) is 7.17. The number of ether oxygens (including phenoxy) is 2. The number of methoxy groups -OCH3 is 2. The smallest absolute Gasteiger partial charge is 0.336 e. The molecule has 2 amide bonds. The molecule has 2 rings (SSSR count). The molecule has 0 spiro atoms. The predicted molar refractivity (Wildman–Crippen MR) is 104 cm³/mol. The van der Waals surface area contributed by atoms with E-state index >= 15 is 0 Å². The minimum atomic E-state index is -4.37. The fraction of sp³-hybridized carbons (Fsp3) is 0.333. The first-order chi connectivity index (χ1) is 13.7. The minimum Gasteiger partial charge on any atom is -0.481 e. The number of carbonyl (C=O) groups is 1. The van der Waals surface area contributed by atoms with Gasteiger partial charge in [0, 0.05) is 11.6 Å². The minimum absolute atomic E-state index is 0.0361. The second-order valence-electron chi connectivity index (χ2n) is 5.52. The molecule has 0 aromatic carbocycles. The summed E-state index contributed by atoms with van der Waals surface area (Å²) in [5.41, 5.74) is 0.105. The van der Waals surface area contributed by atoms with Gasteiger partial charge in [-0.15, -0.1) is 0 Å². The molecule has 0 bridgehead atoms. The number of allylic oxidation sites excluding steroid dienone is 4. The van der Waals surface area contributed by atoms with Crippen molar-refractivity contribution in [1.82, 2.24) is 19.4 Å². The second kappa shape index (κ2) is 9.38. The van der Waals surface area contributed by atoms with Crippen LogP contribution in [-0.2, 0) is 20.5 Å². The van der Waals surface area contributed by atoms with Gasteiger partial charge < -0.3 is 9.47 Å². The number of nitrogens with one attached hydrogen (secondary N) is 3. The van der Waals surface area contributed by atoms with E-state index in [0.717, 1.165) is 0 Å². The Morgan fingerprint density at radius 1 is 1.21 bits per heavy atom. The van der Waals surface area contributed by atoms with Crippen molar-refractivity contribution in [2.24, 2.45) is 5.92 Å².